The van der Waals surface area contributed by atoms with Crippen LogP contribution in [-0.4, -0.2) is 17.8 Å². The van der Waals surface area contributed by atoms with Gasteiger partial charge in [0.1, 0.15) is 12.4 Å². The molecule has 2 rings (SSSR count). The van der Waals surface area contributed by atoms with Crippen LogP contribution in [0.25, 0.3) is 0 Å². The van der Waals surface area contributed by atoms with Crippen LogP contribution in [0.3, 0.4) is 0 Å². The Bertz CT molecular complexity index is 630. The highest BCUT2D eigenvalue weighted by atomic mass is 35.5. The van der Waals surface area contributed by atoms with Crippen molar-refractivity contribution in [2.75, 3.05) is 6.61 Å². The first-order chi connectivity index (χ1) is 11.1. The van der Waals surface area contributed by atoms with Crippen LogP contribution in [0.5, 0.6) is 5.75 Å². The van der Waals surface area contributed by atoms with Crippen LogP contribution in [0, 0.1) is 0 Å². The number of benzene rings is 2. The lowest BCUT2D eigenvalue weighted by Gasteiger charge is -2.14. The largest absolute Gasteiger partial charge is 0.489 e. The van der Waals surface area contributed by atoms with Gasteiger partial charge in [0.2, 0.25) is 0 Å². The lowest BCUT2D eigenvalue weighted by atomic mass is 10.2. The Hall–Kier alpha value is -1.26. The Labute approximate surface area is 147 Å². The minimum absolute atomic E-state index is 0.118. The number of ether oxygens (including phenoxy) is 1. The molecule has 23 heavy (non-hydrogen) atoms. The third kappa shape index (κ3) is 5.70. The third-order valence-corrected chi connectivity index (χ3v) is 4.20. The topological polar surface area (TPSA) is 41.5 Å². The molecule has 0 heterocycles. The molecule has 0 aliphatic heterocycles. The van der Waals surface area contributed by atoms with E-state index in [-0.39, 0.29) is 12.6 Å². The van der Waals surface area contributed by atoms with Gasteiger partial charge in [-0.05, 0) is 36.2 Å². The molecule has 0 radical (unpaired) electrons. The molecule has 5 heteroatoms. The van der Waals surface area contributed by atoms with Crippen molar-refractivity contribution >= 4 is 23.2 Å². The normalized spacial score (nSPS) is 12.2. The van der Waals surface area contributed by atoms with E-state index in [0.29, 0.717) is 23.2 Å². The number of aliphatic hydroxyl groups excluding tert-OH is 1. The maximum Gasteiger partial charge on any atom is 0.120 e. The van der Waals surface area contributed by atoms with Crippen LogP contribution in [0.1, 0.15) is 24.5 Å². The Morgan fingerprint density at radius 1 is 1.17 bits per heavy atom. The van der Waals surface area contributed by atoms with Gasteiger partial charge in [-0.25, -0.2) is 0 Å². The molecule has 0 spiro atoms. The maximum absolute atomic E-state index is 9.21. The molecule has 2 N–H and O–H groups in total. The summed E-state index contributed by atoms with van der Waals surface area (Å²) in [5.74, 6) is 0.785. The summed E-state index contributed by atoms with van der Waals surface area (Å²) in [7, 11) is 0. The summed E-state index contributed by atoms with van der Waals surface area (Å²) in [6.07, 6.45) is 0.891. The first kappa shape index (κ1) is 18.1. The molecule has 0 amide bonds. The van der Waals surface area contributed by atoms with E-state index in [1.54, 1.807) is 12.1 Å². The summed E-state index contributed by atoms with van der Waals surface area (Å²) >= 11 is 12.0. The molecule has 2 aromatic carbocycles. The molecular weight excluding hydrogens is 333 g/mol. The van der Waals surface area contributed by atoms with Crippen LogP contribution < -0.4 is 10.1 Å². The first-order valence-electron chi connectivity index (χ1n) is 7.62. The second-order valence-corrected chi connectivity index (χ2v) is 6.18. The summed E-state index contributed by atoms with van der Waals surface area (Å²) < 4.78 is 5.81. The fraction of sp³-hybridized carbons (Fsp3) is 0.333. The predicted molar refractivity (Wildman–Crippen MR) is 95.2 cm³/mol. The number of aliphatic hydroxyl groups is 1. The van der Waals surface area contributed by atoms with Crippen molar-refractivity contribution in [1.29, 1.82) is 0 Å². The fourth-order valence-corrected chi connectivity index (χ4v) is 2.61. The van der Waals surface area contributed by atoms with Gasteiger partial charge in [-0.2, -0.15) is 0 Å². The van der Waals surface area contributed by atoms with Crippen molar-refractivity contribution in [3.8, 4) is 5.75 Å². The van der Waals surface area contributed by atoms with Gasteiger partial charge in [0, 0.05) is 28.2 Å². The molecule has 2 aromatic rings. The molecular formula is C18H21Cl2NO2. The van der Waals surface area contributed by atoms with Crippen molar-refractivity contribution in [2.45, 2.75) is 32.5 Å². The lowest BCUT2D eigenvalue weighted by molar-refractivity contribution is 0.238. The summed E-state index contributed by atoms with van der Waals surface area (Å²) in [6, 6.07) is 13.4. The van der Waals surface area contributed by atoms with Gasteiger partial charge in [-0.1, -0.05) is 48.3 Å². The minimum Gasteiger partial charge on any atom is -0.489 e. The van der Waals surface area contributed by atoms with Crippen molar-refractivity contribution in [3.05, 3.63) is 63.6 Å². The zero-order chi connectivity index (χ0) is 16.7. The second kappa shape index (κ2) is 9.14. The van der Waals surface area contributed by atoms with Gasteiger partial charge in [0.05, 0.1) is 6.61 Å². The van der Waals surface area contributed by atoms with Gasteiger partial charge in [0.15, 0.2) is 0 Å². The standard InChI is InChI=1S/C18H21Cl2NO2/c1-2-16(11-22)21-10-13-4-3-5-17(8-13)23-12-14-6-7-15(19)9-18(14)20/h3-9,16,21-22H,2,10-12H2,1H3/t16-/m1/s1. The summed E-state index contributed by atoms with van der Waals surface area (Å²) in [4.78, 5) is 0. The van der Waals surface area contributed by atoms with Crippen molar-refractivity contribution < 1.29 is 9.84 Å². The van der Waals surface area contributed by atoms with Gasteiger partial charge >= 0.3 is 0 Å². The van der Waals surface area contributed by atoms with E-state index < -0.39 is 0 Å². The van der Waals surface area contributed by atoms with E-state index in [2.05, 4.69) is 5.32 Å². The average Bonchev–Trinajstić information content (AvgIpc) is 2.55. The molecule has 1 atom stereocenters. The molecule has 0 fully saturated rings. The summed E-state index contributed by atoms with van der Waals surface area (Å²) in [5, 5.41) is 13.7. The van der Waals surface area contributed by atoms with E-state index in [1.807, 2.05) is 37.3 Å². The highest BCUT2D eigenvalue weighted by molar-refractivity contribution is 6.35. The predicted octanol–water partition coefficient (Wildman–Crippen LogP) is 4.43. The Balaban J connectivity index is 1.94. The molecule has 3 nitrogen and oxygen atoms in total. The Kier molecular flexibility index (Phi) is 7.18. The van der Waals surface area contributed by atoms with Gasteiger partial charge in [0.25, 0.3) is 0 Å². The van der Waals surface area contributed by atoms with Gasteiger partial charge in [-0.3, -0.25) is 0 Å². The smallest absolute Gasteiger partial charge is 0.120 e. The van der Waals surface area contributed by atoms with E-state index in [1.165, 1.54) is 0 Å². The van der Waals surface area contributed by atoms with Crippen LogP contribution in [0.2, 0.25) is 10.0 Å². The van der Waals surface area contributed by atoms with Gasteiger partial charge < -0.3 is 15.2 Å². The highest BCUT2D eigenvalue weighted by Crippen LogP contribution is 2.23. The van der Waals surface area contributed by atoms with Crippen molar-refractivity contribution in [1.82, 2.24) is 5.32 Å². The van der Waals surface area contributed by atoms with Gasteiger partial charge in [-0.15, -0.1) is 0 Å². The minimum atomic E-state index is 0.118. The highest BCUT2D eigenvalue weighted by Gasteiger charge is 2.05. The summed E-state index contributed by atoms with van der Waals surface area (Å²) in [5.41, 5.74) is 2.00. The van der Waals surface area contributed by atoms with Crippen LogP contribution in [0.4, 0.5) is 0 Å². The van der Waals surface area contributed by atoms with E-state index in [0.717, 1.165) is 23.3 Å². The molecule has 0 saturated carbocycles. The molecule has 0 bridgehead atoms. The molecule has 0 aromatic heterocycles. The quantitative estimate of drug-likeness (QED) is 0.737. The van der Waals surface area contributed by atoms with Crippen molar-refractivity contribution in [2.24, 2.45) is 0 Å². The molecule has 0 unspecified atom stereocenters. The number of hydrogen-bond donors (Lipinski definition) is 2. The summed E-state index contributed by atoms with van der Waals surface area (Å²) in [6.45, 7) is 3.27. The fourth-order valence-electron chi connectivity index (χ4n) is 2.15. The second-order valence-electron chi connectivity index (χ2n) is 5.34. The van der Waals surface area contributed by atoms with Crippen LogP contribution >= 0.6 is 23.2 Å². The lowest BCUT2D eigenvalue weighted by Crippen LogP contribution is -2.31. The molecule has 124 valence electrons. The number of nitrogens with one attached hydrogen (secondary N) is 1. The van der Waals surface area contributed by atoms with Crippen LogP contribution in [-0.2, 0) is 13.2 Å². The van der Waals surface area contributed by atoms with E-state index >= 15 is 0 Å². The monoisotopic (exact) mass is 353 g/mol. The Morgan fingerprint density at radius 2 is 2.00 bits per heavy atom. The van der Waals surface area contributed by atoms with E-state index in [9.17, 15) is 5.11 Å². The first-order valence-corrected chi connectivity index (χ1v) is 8.38. The zero-order valence-corrected chi connectivity index (χ0v) is 14.6. The number of halogens is 2. The zero-order valence-electron chi connectivity index (χ0n) is 13.1. The molecule has 0 aliphatic rings. The average molecular weight is 354 g/mol. The number of hydrogen-bond acceptors (Lipinski definition) is 3. The van der Waals surface area contributed by atoms with Crippen LogP contribution in [0.15, 0.2) is 42.5 Å². The molecule has 0 saturated heterocycles. The van der Waals surface area contributed by atoms with Crippen molar-refractivity contribution in [3.63, 3.8) is 0 Å². The number of rotatable bonds is 8. The van der Waals surface area contributed by atoms with E-state index in [4.69, 9.17) is 27.9 Å². The maximum atomic E-state index is 9.21. The third-order valence-electron chi connectivity index (χ3n) is 3.62. The SMILES string of the molecule is CC[C@H](CO)NCc1cccc(OCc2ccc(Cl)cc2Cl)c1. The Morgan fingerprint density at radius 3 is 2.70 bits per heavy atom. The molecule has 0 aliphatic carbocycles.